The fourth-order valence-electron chi connectivity index (χ4n) is 2.80. The van der Waals surface area contributed by atoms with E-state index in [1.54, 1.807) is 43.3 Å². The van der Waals surface area contributed by atoms with Crippen LogP contribution in [0.3, 0.4) is 0 Å². The highest BCUT2D eigenvalue weighted by atomic mass is 32.2. The summed E-state index contributed by atoms with van der Waals surface area (Å²) >= 11 is 0. The van der Waals surface area contributed by atoms with Gasteiger partial charge in [-0.2, -0.15) is 0 Å². The molecule has 0 spiro atoms. The highest BCUT2D eigenvalue weighted by Crippen LogP contribution is 2.13. The van der Waals surface area contributed by atoms with E-state index in [4.69, 9.17) is 4.74 Å². The number of amides is 3. The van der Waals surface area contributed by atoms with Crippen molar-refractivity contribution in [3.63, 3.8) is 0 Å². The molecule has 180 valence electrons. The fourth-order valence-corrected chi connectivity index (χ4v) is 3.73. The summed E-state index contributed by atoms with van der Waals surface area (Å²) in [5.74, 6) is -0.0424. The molecular weight excluding hydrogens is 472 g/mol. The Morgan fingerprint density at radius 1 is 0.914 bits per heavy atom. The number of benzene rings is 2. The molecule has 0 aliphatic heterocycles. The molecule has 3 N–H and O–H groups in total. The zero-order valence-corrected chi connectivity index (χ0v) is 19.4. The Kier molecular flexibility index (Phi) is 8.30. The van der Waals surface area contributed by atoms with Gasteiger partial charge in [-0.25, -0.2) is 27.7 Å². The Bertz CT molecular complexity index is 1340. The molecule has 1 heterocycles. The first-order valence-electron chi connectivity index (χ1n) is 10.4. The molecule has 0 aliphatic carbocycles. The average Bonchev–Trinajstić information content (AvgIpc) is 2.83. The van der Waals surface area contributed by atoms with Crippen molar-refractivity contribution in [3.05, 3.63) is 90.1 Å². The van der Waals surface area contributed by atoms with Crippen molar-refractivity contribution in [3.8, 4) is 0 Å². The summed E-state index contributed by atoms with van der Waals surface area (Å²) in [6.45, 7) is 1.91. The molecule has 11 heteroatoms. The van der Waals surface area contributed by atoms with Crippen LogP contribution in [0.25, 0.3) is 6.08 Å². The smallest absolute Gasteiger partial charge is 0.412 e. The Labute approximate surface area is 202 Å². The van der Waals surface area contributed by atoms with Gasteiger partial charge in [-0.15, -0.1) is 0 Å². The van der Waals surface area contributed by atoms with Crippen molar-refractivity contribution >= 4 is 45.5 Å². The summed E-state index contributed by atoms with van der Waals surface area (Å²) in [5.41, 5.74) is 1.08. The minimum absolute atomic E-state index is 0.0421. The highest BCUT2D eigenvalue weighted by Gasteiger charge is 2.17. The third-order valence-electron chi connectivity index (χ3n) is 4.39. The van der Waals surface area contributed by atoms with E-state index in [9.17, 15) is 22.8 Å². The predicted molar refractivity (Wildman–Crippen MR) is 130 cm³/mol. The summed E-state index contributed by atoms with van der Waals surface area (Å²) in [6.07, 6.45) is 2.18. The SMILES string of the molecule is CCOC(=O)Nc1cccc(C=CC(=O)c2ccc(NC(=O)NS(=O)(=O)c3ccccc3)cc2)n1. The summed E-state index contributed by atoms with van der Waals surface area (Å²) in [6, 6.07) is 17.4. The van der Waals surface area contributed by atoms with Gasteiger partial charge in [0.15, 0.2) is 5.78 Å². The molecule has 3 aromatic rings. The molecule has 35 heavy (non-hydrogen) atoms. The lowest BCUT2D eigenvalue weighted by molar-refractivity contribution is 0.104. The lowest BCUT2D eigenvalue weighted by Gasteiger charge is -2.09. The number of pyridine rings is 1. The van der Waals surface area contributed by atoms with Crippen LogP contribution in [0.15, 0.2) is 83.8 Å². The van der Waals surface area contributed by atoms with Crippen molar-refractivity contribution in [2.45, 2.75) is 11.8 Å². The largest absolute Gasteiger partial charge is 0.450 e. The molecule has 3 amide bonds. The number of nitrogens with one attached hydrogen (secondary N) is 3. The Morgan fingerprint density at radius 2 is 1.63 bits per heavy atom. The van der Waals surface area contributed by atoms with Gasteiger partial charge < -0.3 is 10.1 Å². The van der Waals surface area contributed by atoms with Crippen molar-refractivity contribution in [2.75, 3.05) is 17.2 Å². The van der Waals surface area contributed by atoms with Crippen molar-refractivity contribution < 1.29 is 27.5 Å². The number of ether oxygens (including phenoxy) is 1. The van der Waals surface area contributed by atoms with Crippen LogP contribution in [0.1, 0.15) is 23.0 Å². The number of anilines is 2. The maximum atomic E-state index is 12.5. The molecule has 0 saturated carbocycles. The van der Waals surface area contributed by atoms with Crippen LogP contribution in [0, 0.1) is 0 Å². The van der Waals surface area contributed by atoms with Gasteiger partial charge in [0.1, 0.15) is 5.82 Å². The second-order valence-electron chi connectivity index (χ2n) is 6.94. The van der Waals surface area contributed by atoms with Gasteiger partial charge in [-0.1, -0.05) is 24.3 Å². The number of urea groups is 1. The first kappa shape index (κ1) is 25.1. The lowest BCUT2D eigenvalue weighted by atomic mass is 10.1. The van der Waals surface area contributed by atoms with Gasteiger partial charge in [0, 0.05) is 11.3 Å². The maximum absolute atomic E-state index is 12.5. The first-order chi connectivity index (χ1) is 16.8. The average molecular weight is 495 g/mol. The zero-order valence-electron chi connectivity index (χ0n) is 18.6. The number of aromatic nitrogens is 1. The fraction of sp³-hybridized carbons (Fsp3) is 0.0833. The quantitative estimate of drug-likeness (QED) is 0.316. The molecule has 0 atom stereocenters. The van der Waals surface area contributed by atoms with Gasteiger partial charge in [0.05, 0.1) is 17.2 Å². The normalized spacial score (nSPS) is 11.0. The second kappa shape index (κ2) is 11.6. The highest BCUT2D eigenvalue weighted by molar-refractivity contribution is 7.90. The van der Waals surface area contributed by atoms with E-state index >= 15 is 0 Å². The Morgan fingerprint density at radius 3 is 2.31 bits per heavy atom. The van der Waals surface area contributed by atoms with Crippen LogP contribution in [0.2, 0.25) is 0 Å². The molecule has 0 bridgehead atoms. The number of hydrogen-bond donors (Lipinski definition) is 3. The van der Waals surface area contributed by atoms with E-state index in [0.29, 0.717) is 16.9 Å². The number of carbonyl (C=O) groups is 3. The number of nitrogens with zero attached hydrogens (tertiary/aromatic N) is 1. The number of rotatable bonds is 8. The van der Waals surface area contributed by atoms with E-state index < -0.39 is 22.1 Å². The molecule has 1 aromatic heterocycles. The number of carbonyl (C=O) groups excluding carboxylic acids is 3. The summed E-state index contributed by atoms with van der Waals surface area (Å²) < 4.78 is 31.1. The predicted octanol–water partition coefficient (Wildman–Crippen LogP) is 4.06. The number of sulfonamides is 1. The summed E-state index contributed by atoms with van der Waals surface area (Å²) in [7, 11) is -4.01. The third-order valence-corrected chi connectivity index (χ3v) is 5.74. The molecule has 2 aromatic carbocycles. The monoisotopic (exact) mass is 494 g/mol. The molecule has 0 unspecified atom stereocenters. The van der Waals surface area contributed by atoms with Crippen LogP contribution in [-0.2, 0) is 14.8 Å². The molecule has 0 aliphatic rings. The van der Waals surface area contributed by atoms with Crippen LogP contribution in [0.5, 0.6) is 0 Å². The van der Waals surface area contributed by atoms with Crippen LogP contribution in [0.4, 0.5) is 21.1 Å². The van der Waals surface area contributed by atoms with Crippen molar-refractivity contribution in [1.82, 2.24) is 9.71 Å². The Hall–Kier alpha value is -4.51. The summed E-state index contributed by atoms with van der Waals surface area (Å²) in [5, 5.41) is 4.89. The maximum Gasteiger partial charge on any atom is 0.412 e. The van der Waals surface area contributed by atoms with E-state index in [0.717, 1.165) is 0 Å². The van der Waals surface area contributed by atoms with Gasteiger partial charge in [-0.3, -0.25) is 10.1 Å². The van der Waals surface area contributed by atoms with Crippen LogP contribution >= 0.6 is 0 Å². The molecule has 10 nitrogen and oxygen atoms in total. The van der Waals surface area contributed by atoms with Crippen molar-refractivity contribution in [1.29, 1.82) is 0 Å². The van der Waals surface area contributed by atoms with E-state index in [1.807, 2.05) is 4.72 Å². The molecule has 0 radical (unpaired) electrons. The third kappa shape index (κ3) is 7.51. The minimum Gasteiger partial charge on any atom is -0.450 e. The van der Waals surface area contributed by atoms with Gasteiger partial charge in [-0.05, 0) is 67.6 Å². The Balaban J connectivity index is 1.58. The van der Waals surface area contributed by atoms with Crippen molar-refractivity contribution in [2.24, 2.45) is 0 Å². The van der Waals surface area contributed by atoms with Gasteiger partial charge in [0.2, 0.25) is 0 Å². The minimum atomic E-state index is -4.01. The van der Waals surface area contributed by atoms with Crippen LogP contribution < -0.4 is 15.4 Å². The van der Waals surface area contributed by atoms with Gasteiger partial charge >= 0.3 is 12.1 Å². The molecule has 0 fully saturated rings. The topological polar surface area (TPSA) is 144 Å². The second-order valence-corrected chi connectivity index (χ2v) is 8.62. The number of hydrogen-bond acceptors (Lipinski definition) is 7. The summed E-state index contributed by atoms with van der Waals surface area (Å²) in [4.78, 5) is 40.2. The molecular formula is C24H22N4O6S. The number of ketones is 1. The molecule has 0 saturated heterocycles. The lowest BCUT2D eigenvalue weighted by Crippen LogP contribution is -2.34. The van der Waals surface area contributed by atoms with E-state index in [-0.39, 0.29) is 23.1 Å². The molecule has 3 rings (SSSR count). The van der Waals surface area contributed by atoms with E-state index in [1.165, 1.54) is 48.6 Å². The zero-order chi connectivity index (χ0) is 25.3. The first-order valence-corrected chi connectivity index (χ1v) is 11.9. The number of allylic oxidation sites excluding steroid dienone is 1. The van der Waals surface area contributed by atoms with Gasteiger partial charge in [0.25, 0.3) is 10.0 Å². The van der Waals surface area contributed by atoms with E-state index in [2.05, 4.69) is 15.6 Å². The van der Waals surface area contributed by atoms with Crippen LogP contribution in [-0.4, -0.2) is 37.9 Å². The standard InChI is InChI=1S/C24H22N4O6S/c1-2-34-24(31)27-22-10-6-7-18(25-22)15-16-21(29)17-11-13-19(14-12-17)26-23(30)28-35(32,33)20-8-4-3-5-9-20/h3-16H,2H2,1H3,(H,25,27,31)(H2,26,28,30).